The first-order valence-corrected chi connectivity index (χ1v) is 8.12. The Kier molecular flexibility index (Phi) is 3.85. The van der Waals surface area contributed by atoms with Gasteiger partial charge < -0.3 is 15.4 Å². The predicted molar refractivity (Wildman–Crippen MR) is 100 cm³/mol. The summed E-state index contributed by atoms with van der Waals surface area (Å²) in [5, 5.41) is 20.0. The third-order valence-corrected chi connectivity index (χ3v) is 4.45. The Bertz CT molecular complexity index is 1020. The molecule has 1 amide bonds. The van der Waals surface area contributed by atoms with Crippen LogP contribution in [0.4, 0.5) is 5.69 Å². The van der Waals surface area contributed by atoms with Crippen LogP contribution in [0, 0.1) is 5.41 Å². The van der Waals surface area contributed by atoms with Crippen LogP contribution in [-0.2, 0) is 4.79 Å². The standard InChI is InChI=1S/C20H16N4O2/c21-11-23-18-14-3-1-2-4-16(14)24-20(26)17(15-9-10-22-19(15)18)12-5-7-13(25)8-6-12/h1-11,17,21-22,25H,(H,24,26). The van der Waals surface area contributed by atoms with E-state index >= 15 is 0 Å². The number of anilines is 1. The van der Waals surface area contributed by atoms with Gasteiger partial charge in [0.1, 0.15) is 12.1 Å². The molecule has 0 bridgehead atoms. The van der Waals surface area contributed by atoms with Crippen molar-refractivity contribution in [2.24, 2.45) is 4.99 Å². The summed E-state index contributed by atoms with van der Waals surface area (Å²) >= 11 is 0. The van der Waals surface area contributed by atoms with E-state index in [4.69, 9.17) is 5.41 Å². The molecule has 0 fully saturated rings. The van der Waals surface area contributed by atoms with Crippen molar-refractivity contribution in [3.8, 4) is 5.75 Å². The van der Waals surface area contributed by atoms with Gasteiger partial charge >= 0.3 is 0 Å². The van der Waals surface area contributed by atoms with Crippen molar-refractivity contribution < 1.29 is 9.90 Å². The smallest absolute Gasteiger partial charge is 0.236 e. The van der Waals surface area contributed by atoms with E-state index in [0.717, 1.165) is 23.0 Å². The molecule has 0 spiro atoms. The van der Waals surface area contributed by atoms with Gasteiger partial charge in [-0.05, 0) is 35.4 Å². The lowest BCUT2D eigenvalue weighted by molar-refractivity contribution is -0.116. The number of para-hydroxylation sites is 1. The predicted octanol–water partition coefficient (Wildman–Crippen LogP) is 3.25. The third-order valence-electron chi connectivity index (χ3n) is 4.45. The van der Waals surface area contributed by atoms with Crippen LogP contribution in [0.25, 0.3) is 0 Å². The highest BCUT2D eigenvalue weighted by molar-refractivity contribution is 6.21. The Morgan fingerprint density at radius 2 is 1.85 bits per heavy atom. The van der Waals surface area contributed by atoms with Gasteiger partial charge in [-0.1, -0.05) is 30.3 Å². The summed E-state index contributed by atoms with van der Waals surface area (Å²) in [5.74, 6) is -0.593. The number of carbonyl (C=O) groups excluding carboxylic acids is 1. The molecule has 1 aliphatic rings. The molecule has 26 heavy (non-hydrogen) atoms. The first-order valence-electron chi connectivity index (χ1n) is 8.12. The fourth-order valence-electron chi connectivity index (χ4n) is 3.30. The number of hydrogen-bond acceptors (Lipinski definition) is 3. The van der Waals surface area contributed by atoms with Crippen molar-refractivity contribution in [3.63, 3.8) is 0 Å². The maximum Gasteiger partial charge on any atom is 0.236 e. The van der Waals surface area contributed by atoms with E-state index in [1.54, 1.807) is 30.5 Å². The maximum atomic E-state index is 13.1. The Balaban J connectivity index is 1.96. The lowest BCUT2D eigenvalue weighted by atomic mass is 9.86. The number of nitrogens with zero attached hydrogens (tertiary/aromatic N) is 1. The Labute approximate surface area is 149 Å². The Morgan fingerprint density at radius 1 is 1.08 bits per heavy atom. The number of nitrogens with one attached hydrogen (secondary N) is 3. The first kappa shape index (κ1) is 15.8. The van der Waals surface area contributed by atoms with Crippen LogP contribution in [-0.4, -0.2) is 28.0 Å². The second-order valence-corrected chi connectivity index (χ2v) is 5.97. The van der Waals surface area contributed by atoms with Crippen LogP contribution in [0.15, 0.2) is 65.8 Å². The Hall–Kier alpha value is -3.67. The van der Waals surface area contributed by atoms with Gasteiger partial charge in [0.25, 0.3) is 0 Å². The molecule has 6 heteroatoms. The molecule has 1 atom stereocenters. The van der Waals surface area contributed by atoms with E-state index in [1.165, 1.54) is 0 Å². The number of hydrogen-bond donors (Lipinski definition) is 4. The van der Waals surface area contributed by atoms with Crippen LogP contribution in [0.1, 0.15) is 28.3 Å². The summed E-state index contributed by atoms with van der Waals surface area (Å²) in [4.78, 5) is 20.5. The molecule has 1 aromatic heterocycles. The number of H-pyrrole nitrogens is 1. The van der Waals surface area contributed by atoms with Crippen LogP contribution >= 0.6 is 0 Å². The van der Waals surface area contributed by atoms with E-state index in [0.29, 0.717) is 17.1 Å². The van der Waals surface area contributed by atoms with Crippen molar-refractivity contribution >= 4 is 23.6 Å². The number of aliphatic imine (C=N–C) groups is 1. The molecule has 0 aliphatic carbocycles. The molecule has 4 N–H and O–H groups in total. The molecule has 2 heterocycles. The molecular formula is C20H16N4O2. The summed E-state index contributed by atoms with van der Waals surface area (Å²) in [6, 6.07) is 15.8. The Morgan fingerprint density at radius 3 is 2.62 bits per heavy atom. The quantitative estimate of drug-likeness (QED) is 0.424. The zero-order valence-electron chi connectivity index (χ0n) is 13.7. The molecule has 0 saturated carbocycles. The van der Waals surface area contributed by atoms with Gasteiger partial charge in [-0.3, -0.25) is 10.2 Å². The van der Waals surface area contributed by atoms with Crippen LogP contribution in [0.2, 0.25) is 0 Å². The topological polar surface area (TPSA) is 101 Å². The average molecular weight is 344 g/mol. The second kappa shape index (κ2) is 6.33. The monoisotopic (exact) mass is 344 g/mol. The molecule has 6 nitrogen and oxygen atoms in total. The lowest BCUT2D eigenvalue weighted by Gasteiger charge is -2.23. The minimum Gasteiger partial charge on any atom is -0.508 e. The summed E-state index contributed by atoms with van der Waals surface area (Å²) in [6.07, 6.45) is 2.76. The largest absolute Gasteiger partial charge is 0.508 e. The highest BCUT2D eigenvalue weighted by atomic mass is 16.3. The lowest BCUT2D eigenvalue weighted by Crippen LogP contribution is -2.27. The molecule has 1 aliphatic heterocycles. The first-order chi connectivity index (χ1) is 12.7. The van der Waals surface area contributed by atoms with Crippen molar-refractivity contribution in [1.29, 1.82) is 5.41 Å². The van der Waals surface area contributed by atoms with Crippen molar-refractivity contribution in [2.75, 3.05) is 5.32 Å². The van der Waals surface area contributed by atoms with Crippen molar-refractivity contribution in [1.82, 2.24) is 4.98 Å². The van der Waals surface area contributed by atoms with Gasteiger partial charge in [0.2, 0.25) is 5.91 Å². The number of aromatic nitrogens is 1. The number of benzene rings is 2. The number of amides is 1. The molecule has 0 radical (unpaired) electrons. The number of rotatable bonds is 2. The molecule has 1 unspecified atom stereocenters. The minimum atomic E-state index is -0.568. The maximum absolute atomic E-state index is 13.1. The van der Waals surface area contributed by atoms with E-state index in [9.17, 15) is 9.90 Å². The van der Waals surface area contributed by atoms with Gasteiger partial charge in [0.15, 0.2) is 0 Å². The van der Waals surface area contributed by atoms with Crippen molar-refractivity contribution in [2.45, 2.75) is 5.92 Å². The fraction of sp³-hybridized carbons (Fsp3) is 0.0500. The minimum absolute atomic E-state index is 0.144. The zero-order valence-corrected chi connectivity index (χ0v) is 13.7. The molecule has 128 valence electrons. The summed E-state index contributed by atoms with van der Waals surface area (Å²) < 4.78 is 0. The summed E-state index contributed by atoms with van der Waals surface area (Å²) in [6.45, 7) is 0. The normalized spacial score (nSPS) is 17.6. The van der Waals surface area contributed by atoms with E-state index in [-0.39, 0.29) is 11.7 Å². The second-order valence-electron chi connectivity index (χ2n) is 5.97. The van der Waals surface area contributed by atoms with Crippen LogP contribution < -0.4 is 5.32 Å². The summed E-state index contributed by atoms with van der Waals surface area (Å²) in [5.41, 5.74) is 4.21. The zero-order chi connectivity index (χ0) is 18.1. The molecule has 0 saturated heterocycles. The van der Waals surface area contributed by atoms with Gasteiger partial charge in [0.05, 0.1) is 23.0 Å². The number of fused-ring (bicyclic) bond motifs is 2. The number of phenolic OH excluding ortho intramolecular Hbond substituents is 1. The van der Waals surface area contributed by atoms with Gasteiger partial charge in [0, 0.05) is 11.8 Å². The highest BCUT2D eigenvalue weighted by Gasteiger charge is 2.31. The number of carbonyl (C=O) groups is 1. The molecular weight excluding hydrogens is 328 g/mol. The fourth-order valence-corrected chi connectivity index (χ4v) is 3.30. The van der Waals surface area contributed by atoms with Gasteiger partial charge in [-0.25, -0.2) is 4.99 Å². The van der Waals surface area contributed by atoms with Gasteiger partial charge in [-0.2, -0.15) is 0 Å². The number of aromatic amines is 1. The number of aromatic hydroxyl groups is 1. The van der Waals surface area contributed by atoms with E-state index in [1.807, 2.05) is 30.3 Å². The number of phenols is 1. The SMILES string of the molecule is N=CN=C1c2ccccc2NC(=O)C(c2ccc(O)cc2)c2cc[nH]c21. The average Bonchev–Trinajstić information content (AvgIpc) is 3.10. The highest BCUT2D eigenvalue weighted by Crippen LogP contribution is 2.34. The van der Waals surface area contributed by atoms with E-state index < -0.39 is 5.92 Å². The third kappa shape index (κ3) is 2.57. The van der Waals surface area contributed by atoms with Gasteiger partial charge in [-0.15, -0.1) is 0 Å². The van der Waals surface area contributed by atoms with E-state index in [2.05, 4.69) is 15.3 Å². The molecule has 2 aromatic carbocycles. The van der Waals surface area contributed by atoms with Crippen LogP contribution in [0.3, 0.4) is 0 Å². The molecule has 3 aromatic rings. The van der Waals surface area contributed by atoms with Crippen LogP contribution in [0.5, 0.6) is 5.75 Å². The summed E-state index contributed by atoms with van der Waals surface area (Å²) in [7, 11) is 0. The van der Waals surface area contributed by atoms with Crippen molar-refractivity contribution in [3.05, 3.63) is 83.2 Å². The molecule has 4 rings (SSSR count).